The average molecular weight is 315 g/mol. The second-order valence-corrected chi connectivity index (χ2v) is 6.85. The van der Waals surface area contributed by atoms with E-state index in [0.29, 0.717) is 11.6 Å². The van der Waals surface area contributed by atoms with Crippen molar-refractivity contribution in [2.24, 2.45) is 13.0 Å². The molecule has 0 spiro atoms. The molecule has 0 saturated carbocycles. The highest BCUT2D eigenvalue weighted by molar-refractivity contribution is 5.93. The van der Waals surface area contributed by atoms with Crippen LogP contribution in [0.25, 0.3) is 0 Å². The van der Waals surface area contributed by atoms with Gasteiger partial charge in [0.25, 0.3) is 5.91 Å². The molecular weight excluding hydrogens is 290 g/mol. The van der Waals surface area contributed by atoms with Crippen molar-refractivity contribution in [2.75, 3.05) is 6.54 Å². The van der Waals surface area contributed by atoms with Crippen LogP contribution < -0.4 is 0 Å². The SMILES string of the molecule is Cc1cnc([C@H]2CCCN2C(=O)c2cc(CC(C)C)nn2C)[nH]1. The summed E-state index contributed by atoms with van der Waals surface area (Å²) in [6.07, 6.45) is 4.67. The van der Waals surface area contributed by atoms with E-state index in [-0.39, 0.29) is 11.9 Å². The highest BCUT2D eigenvalue weighted by Crippen LogP contribution is 2.31. The third-order valence-electron chi connectivity index (χ3n) is 4.32. The number of aromatic amines is 1. The van der Waals surface area contributed by atoms with Crippen LogP contribution in [-0.2, 0) is 13.5 Å². The number of nitrogens with one attached hydrogen (secondary N) is 1. The zero-order valence-corrected chi connectivity index (χ0v) is 14.3. The molecule has 1 N–H and O–H groups in total. The van der Waals surface area contributed by atoms with E-state index in [1.807, 2.05) is 31.1 Å². The summed E-state index contributed by atoms with van der Waals surface area (Å²) in [5.74, 6) is 1.46. The summed E-state index contributed by atoms with van der Waals surface area (Å²) in [4.78, 5) is 22.6. The molecule has 3 rings (SSSR count). The van der Waals surface area contributed by atoms with Gasteiger partial charge in [0.15, 0.2) is 0 Å². The number of amides is 1. The highest BCUT2D eigenvalue weighted by atomic mass is 16.2. The van der Waals surface area contributed by atoms with Gasteiger partial charge in [0.1, 0.15) is 11.5 Å². The normalized spacial score (nSPS) is 18.1. The summed E-state index contributed by atoms with van der Waals surface area (Å²) >= 11 is 0. The van der Waals surface area contributed by atoms with Gasteiger partial charge in [-0.25, -0.2) is 4.98 Å². The van der Waals surface area contributed by atoms with E-state index < -0.39 is 0 Å². The van der Waals surface area contributed by atoms with Crippen molar-refractivity contribution >= 4 is 5.91 Å². The summed E-state index contributed by atoms with van der Waals surface area (Å²) in [5.41, 5.74) is 2.67. The number of aryl methyl sites for hydroxylation is 2. The minimum absolute atomic E-state index is 0.0413. The maximum Gasteiger partial charge on any atom is 0.272 e. The van der Waals surface area contributed by atoms with Gasteiger partial charge in [-0.2, -0.15) is 5.10 Å². The summed E-state index contributed by atoms with van der Waals surface area (Å²) < 4.78 is 1.71. The van der Waals surface area contributed by atoms with E-state index in [2.05, 4.69) is 28.9 Å². The minimum Gasteiger partial charge on any atom is -0.344 e. The average Bonchev–Trinajstić information content (AvgIpc) is 3.17. The second kappa shape index (κ2) is 6.18. The highest BCUT2D eigenvalue weighted by Gasteiger charge is 2.33. The van der Waals surface area contributed by atoms with E-state index in [1.54, 1.807) is 4.68 Å². The van der Waals surface area contributed by atoms with Crippen molar-refractivity contribution in [3.63, 3.8) is 0 Å². The molecule has 0 bridgehead atoms. The van der Waals surface area contributed by atoms with Gasteiger partial charge >= 0.3 is 0 Å². The van der Waals surface area contributed by atoms with Gasteiger partial charge in [-0.3, -0.25) is 9.48 Å². The fourth-order valence-corrected chi connectivity index (χ4v) is 3.29. The van der Waals surface area contributed by atoms with Crippen LogP contribution in [0.2, 0.25) is 0 Å². The molecule has 0 radical (unpaired) electrons. The van der Waals surface area contributed by atoms with Gasteiger partial charge in [0, 0.05) is 25.5 Å². The predicted octanol–water partition coefficient (Wildman–Crippen LogP) is 2.63. The number of hydrogen-bond donors (Lipinski definition) is 1. The summed E-state index contributed by atoms with van der Waals surface area (Å²) in [7, 11) is 1.85. The second-order valence-electron chi connectivity index (χ2n) is 6.85. The Labute approximate surface area is 136 Å². The first kappa shape index (κ1) is 15.8. The van der Waals surface area contributed by atoms with Gasteiger partial charge < -0.3 is 9.88 Å². The van der Waals surface area contributed by atoms with Crippen molar-refractivity contribution < 1.29 is 4.79 Å². The fourth-order valence-electron chi connectivity index (χ4n) is 3.29. The van der Waals surface area contributed by atoms with Crippen molar-refractivity contribution in [2.45, 2.75) is 46.1 Å². The van der Waals surface area contributed by atoms with E-state index in [0.717, 1.165) is 43.0 Å². The van der Waals surface area contributed by atoms with Crippen molar-refractivity contribution in [3.8, 4) is 0 Å². The van der Waals surface area contributed by atoms with Gasteiger partial charge in [-0.1, -0.05) is 13.8 Å². The van der Waals surface area contributed by atoms with E-state index >= 15 is 0 Å². The summed E-state index contributed by atoms with van der Waals surface area (Å²) in [6.45, 7) is 7.07. The number of imidazole rings is 1. The lowest BCUT2D eigenvalue weighted by Crippen LogP contribution is -2.32. The summed E-state index contributed by atoms with van der Waals surface area (Å²) in [6, 6.07) is 1.98. The molecule has 1 atom stereocenters. The van der Waals surface area contributed by atoms with Crippen molar-refractivity contribution in [1.82, 2.24) is 24.6 Å². The van der Waals surface area contributed by atoms with Crippen LogP contribution in [0.3, 0.4) is 0 Å². The largest absolute Gasteiger partial charge is 0.344 e. The Morgan fingerprint density at radius 3 is 2.91 bits per heavy atom. The topological polar surface area (TPSA) is 66.8 Å². The van der Waals surface area contributed by atoms with Crippen LogP contribution >= 0.6 is 0 Å². The lowest BCUT2D eigenvalue weighted by atomic mass is 10.1. The molecule has 124 valence electrons. The Bertz CT molecular complexity index is 700. The van der Waals surface area contributed by atoms with Gasteiger partial charge in [-0.05, 0) is 38.2 Å². The van der Waals surface area contributed by atoms with Crippen LogP contribution in [0.5, 0.6) is 0 Å². The zero-order chi connectivity index (χ0) is 16.6. The van der Waals surface area contributed by atoms with E-state index in [1.165, 1.54) is 0 Å². The van der Waals surface area contributed by atoms with Gasteiger partial charge in [0.2, 0.25) is 0 Å². The molecule has 0 aliphatic carbocycles. The van der Waals surface area contributed by atoms with Crippen molar-refractivity contribution in [1.29, 1.82) is 0 Å². The number of aromatic nitrogens is 4. The Hall–Kier alpha value is -2.11. The standard InChI is InChI=1S/C17H25N5O/c1-11(2)8-13-9-15(21(4)20-13)17(23)22-7-5-6-14(22)16-18-10-12(3)19-16/h9-11,14H,5-8H2,1-4H3,(H,18,19)/t14-/m1/s1. The fraction of sp³-hybridized carbons (Fsp3) is 0.588. The molecule has 2 aromatic heterocycles. The first-order valence-corrected chi connectivity index (χ1v) is 8.31. The van der Waals surface area contributed by atoms with Crippen LogP contribution in [0.4, 0.5) is 0 Å². The lowest BCUT2D eigenvalue weighted by Gasteiger charge is -2.23. The Kier molecular flexibility index (Phi) is 4.24. The quantitative estimate of drug-likeness (QED) is 0.943. The third kappa shape index (κ3) is 3.16. The smallest absolute Gasteiger partial charge is 0.272 e. The van der Waals surface area contributed by atoms with Crippen LogP contribution in [0.15, 0.2) is 12.3 Å². The third-order valence-corrected chi connectivity index (χ3v) is 4.32. The first-order chi connectivity index (χ1) is 11.0. The first-order valence-electron chi connectivity index (χ1n) is 8.31. The number of nitrogens with zero attached hydrogens (tertiary/aromatic N) is 4. The van der Waals surface area contributed by atoms with Gasteiger partial charge in [0.05, 0.1) is 11.7 Å². The molecule has 0 aromatic carbocycles. The zero-order valence-electron chi connectivity index (χ0n) is 14.3. The maximum atomic E-state index is 13.0. The Morgan fingerprint density at radius 2 is 2.26 bits per heavy atom. The predicted molar refractivity (Wildman–Crippen MR) is 88.1 cm³/mol. The number of carbonyl (C=O) groups excluding carboxylic acids is 1. The van der Waals surface area contributed by atoms with Crippen LogP contribution in [-0.4, -0.2) is 37.1 Å². The lowest BCUT2D eigenvalue weighted by molar-refractivity contribution is 0.0719. The molecule has 0 unspecified atom stereocenters. The number of likely N-dealkylation sites (tertiary alicyclic amines) is 1. The van der Waals surface area contributed by atoms with E-state index in [4.69, 9.17) is 0 Å². The molecule has 1 amide bonds. The molecule has 23 heavy (non-hydrogen) atoms. The molecule has 1 aliphatic rings. The Balaban J connectivity index is 1.83. The minimum atomic E-state index is 0.0413. The summed E-state index contributed by atoms with van der Waals surface area (Å²) in [5, 5.41) is 4.49. The molecule has 2 aromatic rings. The van der Waals surface area contributed by atoms with Crippen LogP contribution in [0, 0.1) is 12.8 Å². The number of carbonyl (C=O) groups is 1. The molecular formula is C17H25N5O. The van der Waals surface area contributed by atoms with Gasteiger partial charge in [-0.15, -0.1) is 0 Å². The monoisotopic (exact) mass is 315 g/mol. The molecule has 6 heteroatoms. The molecule has 1 fully saturated rings. The molecule has 6 nitrogen and oxygen atoms in total. The van der Waals surface area contributed by atoms with E-state index in [9.17, 15) is 4.79 Å². The molecule has 1 aliphatic heterocycles. The van der Waals surface area contributed by atoms with Crippen molar-refractivity contribution in [3.05, 3.63) is 35.2 Å². The molecule has 1 saturated heterocycles. The molecule has 3 heterocycles. The number of rotatable bonds is 4. The van der Waals surface area contributed by atoms with Crippen LogP contribution in [0.1, 0.15) is 60.4 Å². The number of H-pyrrole nitrogens is 1. The maximum absolute atomic E-state index is 13.0. The Morgan fingerprint density at radius 1 is 1.48 bits per heavy atom. The number of hydrogen-bond acceptors (Lipinski definition) is 3.